The third kappa shape index (κ3) is 3.72. The van der Waals surface area contributed by atoms with Gasteiger partial charge in [-0.2, -0.15) is 17.5 Å². The first-order valence-corrected chi connectivity index (χ1v) is 11.9. The molecule has 0 bridgehead atoms. The van der Waals surface area contributed by atoms with Crippen LogP contribution in [0.2, 0.25) is 0 Å². The smallest absolute Gasteiger partial charge is 0.293 e. The van der Waals surface area contributed by atoms with Crippen LogP contribution in [-0.2, 0) is 15.9 Å². The zero-order valence-corrected chi connectivity index (χ0v) is 17.8. The van der Waals surface area contributed by atoms with Crippen molar-refractivity contribution in [3.8, 4) is 5.69 Å². The third-order valence-corrected chi connectivity index (χ3v) is 6.01. The van der Waals surface area contributed by atoms with Crippen molar-refractivity contribution in [1.29, 1.82) is 0 Å². The fourth-order valence-corrected chi connectivity index (χ4v) is 4.65. The molecule has 0 radical (unpaired) electrons. The molecule has 0 saturated carbocycles. The van der Waals surface area contributed by atoms with Crippen LogP contribution in [-0.4, -0.2) is 32.2 Å². The summed E-state index contributed by atoms with van der Waals surface area (Å²) in [6.45, 7) is 1.83. The molecule has 2 aromatic carbocycles. The van der Waals surface area contributed by atoms with Crippen LogP contribution in [0.25, 0.3) is 26.9 Å². The Hall–Kier alpha value is -2.72. The molecule has 4 aromatic rings. The van der Waals surface area contributed by atoms with Crippen LogP contribution < -0.4 is 0 Å². The summed E-state index contributed by atoms with van der Waals surface area (Å²) >= 11 is 1.43. The minimum atomic E-state index is -4.42. The molecule has 0 aliphatic heterocycles. The van der Waals surface area contributed by atoms with Crippen molar-refractivity contribution in [2.45, 2.75) is 13.1 Å². The van der Waals surface area contributed by atoms with Crippen molar-refractivity contribution >= 4 is 48.2 Å². The number of benzene rings is 2. The predicted molar refractivity (Wildman–Crippen MR) is 113 cm³/mol. The molecule has 0 atom stereocenters. The number of carbonyl (C=O) groups is 1. The number of rotatable bonds is 2. The second-order valence-corrected chi connectivity index (χ2v) is 10.8. The van der Waals surface area contributed by atoms with E-state index in [0.29, 0.717) is 16.9 Å². The minimum absolute atomic E-state index is 0.288. The van der Waals surface area contributed by atoms with Gasteiger partial charge in [0, 0.05) is 38.9 Å². The van der Waals surface area contributed by atoms with Crippen LogP contribution >= 0.6 is 11.3 Å². The van der Waals surface area contributed by atoms with E-state index in [0.717, 1.165) is 27.2 Å². The summed E-state index contributed by atoms with van der Waals surface area (Å²) < 4.78 is 57.0. The quantitative estimate of drug-likeness (QED) is 0.408. The van der Waals surface area contributed by atoms with Crippen LogP contribution in [0.15, 0.2) is 46.8 Å². The van der Waals surface area contributed by atoms with E-state index in [2.05, 4.69) is 9.35 Å². The number of carbonyl (C=O) groups excluding carboxylic acids is 1. The molecule has 2 aromatic heterocycles. The first kappa shape index (κ1) is 20.5. The molecular weight excluding hydrogens is 435 g/mol. The Kier molecular flexibility index (Phi) is 4.74. The van der Waals surface area contributed by atoms with Gasteiger partial charge in [-0.3, -0.25) is 9.36 Å². The number of aryl methyl sites for hydroxylation is 1. The Morgan fingerprint density at radius 1 is 1.13 bits per heavy atom. The maximum Gasteiger partial charge on any atom is 0.416 e. The normalized spacial score (nSPS) is 12.6. The highest BCUT2D eigenvalue weighted by Crippen LogP contribution is 2.37. The van der Waals surface area contributed by atoms with Crippen LogP contribution in [0.5, 0.6) is 0 Å². The molecule has 5 nitrogen and oxygen atoms in total. The molecule has 4 rings (SSSR count). The number of thiazole rings is 1. The molecule has 2 heterocycles. The highest BCUT2D eigenvalue weighted by Gasteiger charge is 2.30. The molecule has 10 heteroatoms. The zero-order chi connectivity index (χ0) is 21.8. The highest BCUT2D eigenvalue weighted by atomic mass is 32.2. The lowest BCUT2D eigenvalue weighted by Gasteiger charge is -2.10. The Labute approximate surface area is 174 Å². The van der Waals surface area contributed by atoms with Gasteiger partial charge in [-0.25, -0.2) is 9.19 Å². The van der Waals surface area contributed by atoms with Crippen LogP contribution in [0, 0.1) is 6.92 Å². The van der Waals surface area contributed by atoms with Crippen molar-refractivity contribution in [3.63, 3.8) is 0 Å². The summed E-state index contributed by atoms with van der Waals surface area (Å²) in [6.07, 6.45) is -1.65. The number of amides is 1. The fraction of sp³-hybridized carbons (Fsp3) is 0.200. The molecule has 0 N–H and O–H groups in total. The van der Waals surface area contributed by atoms with E-state index >= 15 is 0 Å². The number of hydrogen-bond donors (Lipinski definition) is 0. The lowest BCUT2D eigenvalue weighted by molar-refractivity contribution is -0.137. The van der Waals surface area contributed by atoms with E-state index in [9.17, 15) is 22.2 Å². The van der Waals surface area contributed by atoms with Gasteiger partial charge in [0.1, 0.15) is 0 Å². The summed E-state index contributed by atoms with van der Waals surface area (Å²) in [5.74, 6) is -0.580. The summed E-state index contributed by atoms with van der Waals surface area (Å²) in [5, 5.41) is 1.52. The van der Waals surface area contributed by atoms with Gasteiger partial charge < -0.3 is 0 Å². The molecular formula is C20H16F3N3O2S2. The lowest BCUT2D eigenvalue weighted by Crippen LogP contribution is -2.05. The SMILES string of the molecule is Cc1nc2c(s1)c1cc(C(=O)N=S(C)(C)=O)ccc1n2-c1ccc(C(F)(F)F)cc1. The summed E-state index contributed by atoms with van der Waals surface area (Å²) in [5.41, 5.74) is 1.39. The first-order valence-electron chi connectivity index (χ1n) is 8.75. The standard InChI is InChI=1S/C20H16F3N3O2S2/c1-11-24-18-17(29-11)15-10-12(19(27)25-30(2,3)28)4-9-16(15)26(18)14-7-5-13(6-8-14)20(21,22)23/h4-10H,1-3H3. The number of aromatic nitrogens is 2. The largest absolute Gasteiger partial charge is 0.416 e. The number of alkyl halides is 3. The van der Waals surface area contributed by atoms with Crippen molar-refractivity contribution in [2.24, 2.45) is 4.36 Å². The van der Waals surface area contributed by atoms with Gasteiger partial charge >= 0.3 is 6.18 Å². The summed E-state index contributed by atoms with van der Waals surface area (Å²) in [6, 6.07) is 9.78. The molecule has 0 fully saturated rings. The van der Waals surface area contributed by atoms with E-state index in [4.69, 9.17) is 0 Å². The van der Waals surface area contributed by atoms with E-state index in [1.54, 1.807) is 22.8 Å². The second-order valence-electron chi connectivity index (χ2n) is 7.08. The van der Waals surface area contributed by atoms with Crippen LogP contribution in [0.3, 0.4) is 0 Å². The number of hydrogen-bond acceptors (Lipinski definition) is 4. The van der Waals surface area contributed by atoms with Crippen LogP contribution in [0.1, 0.15) is 20.9 Å². The molecule has 0 saturated heterocycles. The third-order valence-electron chi connectivity index (χ3n) is 4.41. The lowest BCUT2D eigenvalue weighted by atomic mass is 10.1. The Bertz CT molecular complexity index is 1420. The maximum absolute atomic E-state index is 12.9. The van der Waals surface area contributed by atoms with E-state index in [1.807, 2.05) is 6.92 Å². The van der Waals surface area contributed by atoms with E-state index in [1.165, 1.54) is 36.0 Å². The molecule has 156 valence electrons. The average Bonchev–Trinajstić information content (AvgIpc) is 3.14. The van der Waals surface area contributed by atoms with Gasteiger partial charge in [-0.05, 0) is 49.4 Å². The number of fused-ring (bicyclic) bond motifs is 3. The zero-order valence-electron chi connectivity index (χ0n) is 16.1. The fourth-order valence-electron chi connectivity index (χ4n) is 3.22. The topological polar surface area (TPSA) is 64.3 Å². The van der Waals surface area contributed by atoms with Gasteiger partial charge in [0.25, 0.3) is 5.91 Å². The molecule has 30 heavy (non-hydrogen) atoms. The van der Waals surface area contributed by atoms with Crippen LogP contribution in [0.4, 0.5) is 13.2 Å². The first-order chi connectivity index (χ1) is 13.9. The van der Waals surface area contributed by atoms with E-state index < -0.39 is 27.4 Å². The Morgan fingerprint density at radius 2 is 1.80 bits per heavy atom. The molecule has 1 amide bonds. The van der Waals surface area contributed by atoms with Gasteiger partial charge in [0.2, 0.25) is 0 Å². The Morgan fingerprint density at radius 3 is 2.40 bits per heavy atom. The second kappa shape index (κ2) is 6.92. The average molecular weight is 451 g/mol. The number of nitrogens with zero attached hydrogens (tertiary/aromatic N) is 3. The van der Waals surface area contributed by atoms with Crippen molar-refractivity contribution in [1.82, 2.24) is 9.55 Å². The molecule has 0 unspecified atom stereocenters. The maximum atomic E-state index is 12.9. The van der Waals surface area contributed by atoms with Crippen molar-refractivity contribution < 1.29 is 22.2 Å². The predicted octanol–water partition coefficient (Wildman–Crippen LogP) is 5.44. The van der Waals surface area contributed by atoms with Gasteiger partial charge in [0.15, 0.2) is 5.65 Å². The highest BCUT2D eigenvalue weighted by molar-refractivity contribution is 7.92. The van der Waals surface area contributed by atoms with Crippen molar-refractivity contribution in [3.05, 3.63) is 58.6 Å². The number of halogens is 3. The van der Waals surface area contributed by atoms with E-state index in [-0.39, 0.29) is 5.56 Å². The molecule has 0 aliphatic rings. The summed E-state index contributed by atoms with van der Waals surface area (Å²) in [7, 11) is -2.60. The van der Waals surface area contributed by atoms with Gasteiger partial charge in [-0.1, -0.05) is 0 Å². The van der Waals surface area contributed by atoms with Gasteiger partial charge in [0.05, 0.1) is 20.8 Å². The molecule has 0 spiro atoms. The summed E-state index contributed by atoms with van der Waals surface area (Å²) in [4.78, 5) is 16.9. The monoisotopic (exact) mass is 451 g/mol. The molecule has 0 aliphatic carbocycles. The van der Waals surface area contributed by atoms with Gasteiger partial charge in [-0.15, -0.1) is 11.3 Å². The van der Waals surface area contributed by atoms with Crippen molar-refractivity contribution in [2.75, 3.05) is 12.5 Å². The Balaban J connectivity index is 1.94. The minimum Gasteiger partial charge on any atom is -0.293 e.